The maximum absolute atomic E-state index is 12.3. The standard InChI is InChI=1S/C16H18N6O2/c1-9(8-17)24-11-4-2-10(3-5-11)22-13(15(19)21-16(22)23)12-6-7-20-14(12)18/h2-7,9,12,14,20H,18-19H2,1H3,(H,21,23). The van der Waals surface area contributed by atoms with Crippen LogP contribution in [0.5, 0.6) is 5.75 Å². The highest BCUT2D eigenvalue weighted by molar-refractivity contribution is 5.48. The normalized spacial score (nSPS) is 20.4. The first-order valence-electron chi connectivity index (χ1n) is 7.46. The Balaban J connectivity index is 1.99. The van der Waals surface area contributed by atoms with E-state index >= 15 is 0 Å². The summed E-state index contributed by atoms with van der Waals surface area (Å²) in [5.74, 6) is 0.607. The van der Waals surface area contributed by atoms with Crippen molar-refractivity contribution in [3.8, 4) is 17.5 Å². The second-order valence-corrected chi connectivity index (χ2v) is 5.52. The number of benzene rings is 1. The highest BCUT2D eigenvalue weighted by Crippen LogP contribution is 2.28. The molecule has 2 heterocycles. The van der Waals surface area contributed by atoms with Crippen molar-refractivity contribution < 1.29 is 4.74 Å². The average molecular weight is 326 g/mol. The number of nitrogens with one attached hydrogen (secondary N) is 2. The van der Waals surface area contributed by atoms with Crippen molar-refractivity contribution in [1.29, 1.82) is 5.26 Å². The first-order valence-corrected chi connectivity index (χ1v) is 7.46. The molecule has 2 aromatic rings. The van der Waals surface area contributed by atoms with E-state index in [0.29, 0.717) is 17.1 Å². The second-order valence-electron chi connectivity index (χ2n) is 5.52. The lowest BCUT2D eigenvalue weighted by Crippen LogP contribution is -2.36. The molecule has 3 atom stereocenters. The van der Waals surface area contributed by atoms with E-state index in [1.54, 1.807) is 37.4 Å². The molecule has 8 heteroatoms. The molecular formula is C16H18N6O2. The van der Waals surface area contributed by atoms with Crippen molar-refractivity contribution in [3.63, 3.8) is 0 Å². The number of imidazole rings is 1. The lowest BCUT2D eigenvalue weighted by molar-refractivity contribution is 0.276. The van der Waals surface area contributed by atoms with Gasteiger partial charge in [-0.3, -0.25) is 9.55 Å². The van der Waals surface area contributed by atoms with Gasteiger partial charge in [-0.2, -0.15) is 5.26 Å². The molecule has 1 aromatic carbocycles. The summed E-state index contributed by atoms with van der Waals surface area (Å²) in [4.78, 5) is 14.9. The zero-order valence-electron chi connectivity index (χ0n) is 13.1. The van der Waals surface area contributed by atoms with Crippen molar-refractivity contribution in [2.24, 2.45) is 5.73 Å². The number of H-pyrrole nitrogens is 1. The molecule has 3 rings (SSSR count). The molecular weight excluding hydrogens is 308 g/mol. The number of nitrogen functional groups attached to an aromatic ring is 1. The third-order valence-electron chi connectivity index (χ3n) is 3.85. The summed E-state index contributed by atoms with van der Waals surface area (Å²) in [5, 5.41) is 11.8. The van der Waals surface area contributed by atoms with E-state index in [-0.39, 0.29) is 23.6 Å². The second kappa shape index (κ2) is 6.14. The Hall–Kier alpha value is -3.18. The van der Waals surface area contributed by atoms with Crippen LogP contribution in [0.25, 0.3) is 5.69 Å². The van der Waals surface area contributed by atoms with E-state index in [2.05, 4.69) is 10.3 Å². The molecule has 1 aliphatic heterocycles. The van der Waals surface area contributed by atoms with Crippen molar-refractivity contribution in [2.45, 2.75) is 25.1 Å². The third-order valence-corrected chi connectivity index (χ3v) is 3.85. The largest absolute Gasteiger partial charge is 0.476 e. The number of nitrogens with zero attached hydrogens (tertiary/aromatic N) is 2. The number of ether oxygens (including phenoxy) is 1. The first-order chi connectivity index (χ1) is 11.5. The minimum absolute atomic E-state index is 0.224. The summed E-state index contributed by atoms with van der Waals surface area (Å²) in [7, 11) is 0. The Labute approximate surface area is 138 Å². The van der Waals surface area contributed by atoms with Crippen LogP contribution in [-0.4, -0.2) is 21.8 Å². The van der Waals surface area contributed by atoms with Crippen molar-refractivity contribution in [3.05, 3.63) is 52.7 Å². The molecule has 8 nitrogen and oxygen atoms in total. The number of aromatic nitrogens is 2. The molecule has 0 bridgehead atoms. The Morgan fingerprint density at radius 3 is 2.67 bits per heavy atom. The number of aromatic amines is 1. The summed E-state index contributed by atoms with van der Waals surface area (Å²) < 4.78 is 6.91. The predicted octanol–water partition coefficient (Wildman–Crippen LogP) is 0.524. The molecule has 0 saturated heterocycles. The van der Waals surface area contributed by atoms with Gasteiger partial charge in [0.05, 0.1) is 23.5 Å². The molecule has 0 amide bonds. The van der Waals surface area contributed by atoms with Crippen LogP contribution in [0, 0.1) is 11.3 Å². The van der Waals surface area contributed by atoms with Crippen LogP contribution >= 0.6 is 0 Å². The van der Waals surface area contributed by atoms with Crippen LogP contribution in [-0.2, 0) is 0 Å². The van der Waals surface area contributed by atoms with E-state index in [0.717, 1.165) is 0 Å². The molecule has 0 fully saturated rings. The van der Waals surface area contributed by atoms with Crippen LogP contribution in [0.2, 0.25) is 0 Å². The number of rotatable bonds is 4. The summed E-state index contributed by atoms with van der Waals surface area (Å²) >= 11 is 0. The van der Waals surface area contributed by atoms with Gasteiger partial charge in [-0.05, 0) is 37.4 Å². The topological polar surface area (TPSA) is 135 Å². The van der Waals surface area contributed by atoms with Crippen LogP contribution < -0.4 is 27.2 Å². The predicted molar refractivity (Wildman–Crippen MR) is 89.5 cm³/mol. The van der Waals surface area contributed by atoms with Crippen LogP contribution in [0.3, 0.4) is 0 Å². The Morgan fingerprint density at radius 2 is 2.08 bits per heavy atom. The van der Waals surface area contributed by atoms with Gasteiger partial charge in [0.1, 0.15) is 17.6 Å². The van der Waals surface area contributed by atoms with Crippen molar-refractivity contribution in [2.75, 3.05) is 5.73 Å². The summed E-state index contributed by atoms with van der Waals surface area (Å²) in [6.45, 7) is 1.66. The molecule has 24 heavy (non-hydrogen) atoms. The smallest absolute Gasteiger partial charge is 0.331 e. The minimum atomic E-state index is -0.551. The number of hydrogen-bond acceptors (Lipinski definition) is 6. The molecule has 1 aromatic heterocycles. The van der Waals surface area contributed by atoms with Crippen LogP contribution in [0.15, 0.2) is 41.3 Å². The van der Waals surface area contributed by atoms with Gasteiger partial charge in [0.15, 0.2) is 6.10 Å². The molecule has 124 valence electrons. The number of anilines is 1. The molecule has 6 N–H and O–H groups in total. The van der Waals surface area contributed by atoms with Gasteiger partial charge < -0.3 is 21.5 Å². The van der Waals surface area contributed by atoms with Gasteiger partial charge in [-0.1, -0.05) is 6.08 Å². The van der Waals surface area contributed by atoms with Crippen LogP contribution in [0.4, 0.5) is 5.82 Å². The molecule has 0 spiro atoms. The van der Waals surface area contributed by atoms with E-state index in [4.69, 9.17) is 21.5 Å². The molecule has 3 unspecified atom stereocenters. The Morgan fingerprint density at radius 1 is 1.38 bits per heavy atom. The van der Waals surface area contributed by atoms with Gasteiger partial charge >= 0.3 is 5.69 Å². The fourth-order valence-corrected chi connectivity index (χ4v) is 2.71. The summed E-state index contributed by atoms with van der Waals surface area (Å²) in [5.41, 5.74) is 12.9. The highest BCUT2D eigenvalue weighted by atomic mass is 16.5. The van der Waals surface area contributed by atoms with E-state index < -0.39 is 6.10 Å². The number of hydrogen-bond donors (Lipinski definition) is 4. The summed E-state index contributed by atoms with van der Waals surface area (Å²) in [6, 6.07) is 8.86. The zero-order chi connectivity index (χ0) is 17.3. The molecule has 0 aliphatic carbocycles. The molecule has 1 aliphatic rings. The van der Waals surface area contributed by atoms with Gasteiger partial charge in [-0.25, -0.2) is 4.79 Å². The molecule has 0 radical (unpaired) electrons. The maximum Gasteiger partial charge on any atom is 0.331 e. The van der Waals surface area contributed by atoms with E-state index in [9.17, 15) is 4.79 Å². The van der Waals surface area contributed by atoms with E-state index in [1.807, 2.05) is 12.1 Å². The highest BCUT2D eigenvalue weighted by Gasteiger charge is 2.28. The maximum atomic E-state index is 12.3. The monoisotopic (exact) mass is 326 g/mol. The van der Waals surface area contributed by atoms with Gasteiger partial charge in [-0.15, -0.1) is 0 Å². The fraction of sp³-hybridized carbons (Fsp3) is 0.250. The zero-order valence-corrected chi connectivity index (χ0v) is 13.1. The number of nitriles is 1. The summed E-state index contributed by atoms with van der Waals surface area (Å²) in [6.07, 6.45) is 2.71. The lowest BCUT2D eigenvalue weighted by Gasteiger charge is -2.18. The SMILES string of the molecule is CC(C#N)Oc1ccc(-n2c(C3C=CNC3N)c(N)[nH]c2=O)cc1. The first kappa shape index (κ1) is 15.7. The van der Waals surface area contributed by atoms with Crippen LogP contribution in [0.1, 0.15) is 18.5 Å². The van der Waals surface area contributed by atoms with Crippen molar-refractivity contribution in [1.82, 2.24) is 14.9 Å². The van der Waals surface area contributed by atoms with Gasteiger partial charge in [0.2, 0.25) is 0 Å². The Bertz CT molecular complexity index is 858. The Kier molecular flexibility index (Phi) is 4.02. The average Bonchev–Trinajstić information content (AvgIpc) is 3.10. The third kappa shape index (κ3) is 2.73. The molecule has 0 saturated carbocycles. The van der Waals surface area contributed by atoms with Crippen molar-refractivity contribution >= 4 is 5.82 Å². The fourth-order valence-electron chi connectivity index (χ4n) is 2.71. The quantitative estimate of drug-likeness (QED) is 0.647. The van der Waals surface area contributed by atoms with Gasteiger partial charge in [0.25, 0.3) is 0 Å². The minimum Gasteiger partial charge on any atom is -0.476 e. The lowest BCUT2D eigenvalue weighted by atomic mass is 10.0. The van der Waals surface area contributed by atoms with E-state index in [1.165, 1.54) is 4.57 Å². The van der Waals surface area contributed by atoms with Gasteiger partial charge in [0, 0.05) is 0 Å². The number of nitrogens with two attached hydrogens (primary N) is 2.